The third-order valence-electron chi connectivity index (χ3n) is 6.76. The maximum absolute atomic E-state index is 13.7. The van der Waals surface area contributed by atoms with Gasteiger partial charge in [0.2, 0.25) is 0 Å². The molecule has 0 spiro atoms. The first-order valence-electron chi connectivity index (χ1n) is 12.9. The van der Waals surface area contributed by atoms with E-state index in [1.807, 2.05) is 71.8 Å². The van der Waals surface area contributed by atoms with Crippen molar-refractivity contribution in [3.05, 3.63) is 84.2 Å². The normalized spacial score (nSPS) is 13.4. The molecule has 1 aromatic heterocycles. The number of aromatic nitrogens is 1. The van der Waals surface area contributed by atoms with Crippen molar-refractivity contribution in [3.8, 4) is 16.9 Å². The van der Waals surface area contributed by atoms with Gasteiger partial charge in [-0.05, 0) is 67.5 Å². The Morgan fingerprint density at radius 2 is 1.69 bits per heavy atom. The topological polar surface area (TPSA) is 79.7 Å². The van der Waals surface area contributed by atoms with Crippen molar-refractivity contribution < 1.29 is 19.4 Å². The summed E-state index contributed by atoms with van der Waals surface area (Å²) in [6, 6.07) is 19.8. The zero-order valence-electron chi connectivity index (χ0n) is 20.6. The molecule has 188 valence electrons. The van der Waals surface area contributed by atoms with Crippen molar-refractivity contribution in [3.63, 3.8) is 0 Å². The summed E-state index contributed by atoms with van der Waals surface area (Å²) in [6.07, 6.45) is 10.4. The van der Waals surface area contributed by atoms with Gasteiger partial charge in [-0.1, -0.05) is 49.2 Å². The van der Waals surface area contributed by atoms with Crippen LogP contribution in [0.3, 0.4) is 0 Å². The number of unbranched alkanes of at least 4 members (excludes halogenated alkanes) is 2. The zero-order chi connectivity index (χ0) is 25.2. The van der Waals surface area contributed by atoms with E-state index >= 15 is 0 Å². The maximum Gasteiger partial charge on any atom is 0.303 e. The van der Waals surface area contributed by atoms with E-state index in [-0.39, 0.29) is 18.4 Å². The van der Waals surface area contributed by atoms with E-state index in [0.29, 0.717) is 25.1 Å². The van der Waals surface area contributed by atoms with E-state index in [4.69, 9.17) is 9.84 Å². The van der Waals surface area contributed by atoms with E-state index < -0.39 is 5.97 Å². The lowest BCUT2D eigenvalue weighted by atomic mass is 10.0. The number of hydrogen-bond donors (Lipinski definition) is 1. The Bertz CT molecular complexity index is 1130. The minimum absolute atomic E-state index is 0.0445. The highest BCUT2D eigenvalue weighted by molar-refractivity contribution is 5.95. The lowest BCUT2D eigenvalue weighted by Gasteiger charge is -2.30. The number of carbonyl (C=O) groups excluding carboxylic acids is 1. The monoisotopic (exact) mass is 486 g/mol. The number of ether oxygens (including phenoxy) is 1. The van der Waals surface area contributed by atoms with Gasteiger partial charge in [-0.2, -0.15) is 0 Å². The third kappa shape index (κ3) is 6.94. The smallest absolute Gasteiger partial charge is 0.303 e. The summed E-state index contributed by atoms with van der Waals surface area (Å²) >= 11 is 0. The van der Waals surface area contributed by atoms with Crippen LogP contribution in [-0.2, 0) is 11.3 Å². The van der Waals surface area contributed by atoms with Crippen LogP contribution < -0.4 is 4.74 Å². The van der Waals surface area contributed by atoms with Crippen molar-refractivity contribution in [1.82, 2.24) is 9.88 Å². The molecule has 0 unspecified atom stereocenters. The fraction of sp³-hybridized carbons (Fsp3) is 0.367. The lowest BCUT2D eigenvalue weighted by molar-refractivity contribution is -0.137. The van der Waals surface area contributed by atoms with Crippen LogP contribution in [0.4, 0.5) is 0 Å². The van der Waals surface area contributed by atoms with Crippen molar-refractivity contribution in [2.75, 3.05) is 6.61 Å². The number of nitrogens with zero attached hydrogens (tertiary/aromatic N) is 2. The molecule has 1 aliphatic rings. The van der Waals surface area contributed by atoms with Crippen LogP contribution in [0.25, 0.3) is 11.1 Å². The van der Waals surface area contributed by atoms with E-state index in [1.165, 1.54) is 0 Å². The molecule has 1 fully saturated rings. The highest BCUT2D eigenvalue weighted by Gasteiger charge is 2.28. The number of amides is 1. The molecule has 1 amide bonds. The first-order valence-corrected chi connectivity index (χ1v) is 12.9. The number of benzene rings is 2. The van der Waals surface area contributed by atoms with Gasteiger partial charge in [-0.15, -0.1) is 0 Å². The number of pyridine rings is 1. The summed E-state index contributed by atoms with van der Waals surface area (Å²) in [4.78, 5) is 30.6. The first-order chi connectivity index (χ1) is 17.6. The molecule has 1 saturated carbocycles. The Kier molecular flexibility index (Phi) is 9.09. The minimum atomic E-state index is -0.760. The number of carbonyl (C=O) groups is 2. The van der Waals surface area contributed by atoms with Crippen molar-refractivity contribution in [1.29, 1.82) is 0 Å². The number of para-hydroxylation sites is 1. The Morgan fingerprint density at radius 3 is 2.42 bits per heavy atom. The van der Waals surface area contributed by atoms with Crippen molar-refractivity contribution in [2.24, 2.45) is 0 Å². The van der Waals surface area contributed by atoms with Gasteiger partial charge in [0.1, 0.15) is 5.75 Å². The third-order valence-corrected chi connectivity index (χ3v) is 6.76. The molecule has 1 heterocycles. The summed E-state index contributed by atoms with van der Waals surface area (Å²) in [5.74, 6) is 0.0752. The average molecular weight is 487 g/mol. The van der Waals surface area contributed by atoms with Gasteiger partial charge in [0, 0.05) is 42.5 Å². The average Bonchev–Trinajstić information content (AvgIpc) is 3.45. The van der Waals surface area contributed by atoms with Gasteiger partial charge in [-0.25, -0.2) is 0 Å². The summed E-state index contributed by atoms with van der Waals surface area (Å²) in [7, 11) is 0. The molecule has 2 aromatic carbocycles. The Morgan fingerprint density at radius 1 is 0.917 bits per heavy atom. The number of aliphatic carboxylic acids is 1. The van der Waals surface area contributed by atoms with Gasteiger partial charge in [0.15, 0.2) is 0 Å². The van der Waals surface area contributed by atoms with E-state index in [9.17, 15) is 9.59 Å². The number of carboxylic acid groups (broad SMARTS) is 1. The predicted octanol–water partition coefficient (Wildman–Crippen LogP) is 6.36. The minimum Gasteiger partial charge on any atom is -0.493 e. The molecule has 6 heteroatoms. The molecular weight excluding hydrogens is 452 g/mol. The summed E-state index contributed by atoms with van der Waals surface area (Å²) in [6.45, 7) is 1.03. The molecule has 0 atom stereocenters. The predicted molar refractivity (Wildman–Crippen MR) is 140 cm³/mol. The molecule has 0 bridgehead atoms. The quantitative estimate of drug-likeness (QED) is 0.302. The van der Waals surface area contributed by atoms with Crippen LogP contribution in [-0.4, -0.2) is 39.5 Å². The first kappa shape index (κ1) is 25.4. The van der Waals surface area contributed by atoms with Gasteiger partial charge >= 0.3 is 5.97 Å². The Balaban J connectivity index is 1.45. The van der Waals surface area contributed by atoms with Crippen molar-refractivity contribution in [2.45, 2.75) is 64.0 Å². The fourth-order valence-corrected chi connectivity index (χ4v) is 4.78. The van der Waals surface area contributed by atoms with E-state index in [2.05, 4.69) is 4.98 Å². The molecule has 0 saturated heterocycles. The van der Waals surface area contributed by atoms with Gasteiger partial charge in [-0.3, -0.25) is 14.6 Å². The second-order valence-corrected chi connectivity index (χ2v) is 9.35. The van der Waals surface area contributed by atoms with Crippen LogP contribution in [0.2, 0.25) is 0 Å². The molecular formula is C30H34N2O4. The zero-order valence-corrected chi connectivity index (χ0v) is 20.6. The second kappa shape index (κ2) is 12.9. The highest BCUT2D eigenvalue weighted by atomic mass is 16.5. The molecule has 0 radical (unpaired) electrons. The van der Waals surface area contributed by atoms with Crippen LogP contribution in [0.5, 0.6) is 5.75 Å². The van der Waals surface area contributed by atoms with Crippen LogP contribution in [0.15, 0.2) is 73.1 Å². The SMILES string of the molecule is O=C(O)CCCCCOc1ccccc1CN(C(=O)c1ccc(-c2cccnc2)cc1)C1CCCC1. The highest BCUT2D eigenvalue weighted by Crippen LogP contribution is 2.29. The van der Waals surface area contributed by atoms with E-state index in [1.54, 1.807) is 6.20 Å². The van der Waals surface area contributed by atoms with Gasteiger partial charge < -0.3 is 14.7 Å². The van der Waals surface area contributed by atoms with Crippen LogP contribution in [0, 0.1) is 0 Å². The second-order valence-electron chi connectivity index (χ2n) is 9.35. The number of rotatable bonds is 12. The molecule has 1 N–H and O–H groups in total. The fourth-order valence-electron chi connectivity index (χ4n) is 4.78. The number of carboxylic acids is 1. The largest absolute Gasteiger partial charge is 0.493 e. The maximum atomic E-state index is 13.7. The summed E-state index contributed by atoms with van der Waals surface area (Å²) in [5, 5.41) is 8.79. The van der Waals surface area contributed by atoms with Crippen molar-refractivity contribution >= 4 is 11.9 Å². The van der Waals surface area contributed by atoms with Crippen LogP contribution in [0.1, 0.15) is 67.3 Å². The molecule has 3 aromatic rings. The summed E-state index contributed by atoms with van der Waals surface area (Å²) in [5.41, 5.74) is 3.74. The Labute approximate surface area is 212 Å². The molecule has 1 aliphatic carbocycles. The summed E-state index contributed by atoms with van der Waals surface area (Å²) < 4.78 is 6.07. The molecule has 6 nitrogen and oxygen atoms in total. The van der Waals surface area contributed by atoms with Gasteiger partial charge in [0.25, 0.3) is 5.91 Å². The Hall–Kier alpha value is -3.67. The molecule has 0 aliphatic heterocycles. The molecule has 36 heavy (non-hydrogen) atoms. The van der Waals surface area contributed by atoms with Crippen LogP contribution >= 0.6 is 0 Å². The lowest BCUT2D eigenvalue weighted by Crippen LogP contribution is -2.38. The molecule has 4 rings (SSSR count). The van der Waals surface area contributed by atoms with E-state index in [0.717, 1.165) is 61.0 Å². The van der Waals surface area contributed by atoms with Gasteiger partial charge in [0.05, 0.1) is 6.61 Å². The standard InChI is InChI=1S/C30H34N2O4/c33-29(34)14-2-1-7-20-36-28-13-6-3-9-26(28)22-32(27-11-4-5-12-27)30(35)24-17-15-23(16-18-24)25-10-8-19-31-21-25/h3,6,8-10,13,15-19,21,27H,1-2,4-5,7,11-12,14,20,22H2,(H,33,34). The number of hydrogen-bond acceptors (Lipinski definition) is 4.